The fourth-order valence-electron chi connectivity index (χ4n) is 1.69. The van der Waals surface area contributed by atoms with Gasteiger partial charge in [0, 0.05) is 24.3 Å². The lowest BCUT2D eigenvalue weighted by Gasteiger charge is -2.16. The summed E-state index contributed by atoms with van der Waals surface area (Å²) in [6, 6.07) is 7.67. The van der Waals surface area contributed by atoms with Gasteiger partial charge in [-0.3, -0.25) is 14.8 Å². The highest BCUT2D eigenvalue weighted by molar-refractivity contribution is 8.00. The molecule has 0 fully saturated rings. The molecule has 0 atom stereocenters. The van der Waals surface area contributed by atoms with Gasteiger partial charge in [0.1, 0.15) is 5.75 Å². The normalized spacial score (nSPS) is 10.2. The fourth-order valence-corrected chi connectivity index (χ4v) is 2.57. The smallest absolute Gasteiger partial charge is 0.233 e. The molecule has 110 valence electrons. The molecular weight excluding hydrogens is 286 g/mol. The van der Waals surface area contributed by atoms with Gasteiger partial charge in [0.05, 0.1) is 31.3 Å². The van der Waals surface area contributed by atoms with Gasteiger partial charge in [0.15, 0.2) is 0 Å². The van der Waals surface area contributed by atoms with E-state index in [0.29, 0.717) is 12.3 Å². The lowest BCUT2D eigenvalue weighted by Crippen LogP contribution is -2.28. The monoisotopic (exact) mass is 303 g/mol. The number of nitrogens with zero attached hydrogens (tertiary/aromatic N) is 3. The van der Waals surface area contributed by atoms with Crippen LogP contribution in [0.1, 0.15) is 5.69 Å². The quantitative estimate of drug-likeness (QED) is 0.766. The first-order chi connectivity index (χ1) is 10.2. The van der Waals surface area contributed by atoms with Gasteiger partial charge in [-0.2, -0.15) is 0 Å². The van der Waals surface area contributed by atoms with E-state index in [9.17, 15) is 4.79 Å². The zero-order chi connectivity index (χ0) is 15.1. The second-order valence-electron chi connectivity index (χ2n) is 4.41. The van der Waals surface area contributed by atoms with Crippen molar-refractivity contribution >= 4 is 17.7 Å². The van der Waals surface area contributed by atoms with E-state index >= 15 is 0 Å². The summed E-state index contributed by atoms with van der Waals surface area (Å²) in [6.07, 6.45) is 4.90. The van der Waals surface area contributed by atoms with Gasteiger partial charge in [-0.15, -0.1) is 11.8 Å². The van der Waals surface area contributed by atoms with Gasteiger partial charge in [-0.25, -0.2) is 0 Å². The molecular formula is C15H17N3O2S. The second-order valence-corrected chi connectivity index (χ2v) is 5.46. The average Bonchev–Trinajstić information content (AvgIpc) is 2.53. The summed E-state index contributed by atoms with van der Waals surface area (Å²) in [5.41, 5.74) is 0.778. The number of benzene rings is 1. The number of hydrogen-bond donors (Lipinski definition) is 0. The minimum absolute atomic E-state index is 0.0495. The first-order valence-corrected chi connectivity index (χ1v) is 7.43. The van der Waals surface area contributed by atoms with Gasteiger partial charge in [-0.05, 0) is 18.2 Å². The van der Waals surface area contributed by atoms with Crippen LogP contribution in [0.2, 0.25) is 0 Å². The number of carbonyl (C=O) groups is 1. The van der Waals surface area contributed by atoms with Crippen LogP contribution in [0, 0.1) is 0 Å². The van der Waals surface area contributed by atoms with Crippen LogP contribution in [0.3, 0.4) is 0 Å². The molecule has 0 N–H and O–H groups in total. The molecule has 0 aliphatic carbocycles. The fraction of sp³-hybridized carbons (Fsp3) is 0.267. The lowest BCUT2D eigenvalue weighted by molar-refractivity contribution is -0.127. The molecule has 6 heteroatoms. The van der Waals surface area contributed by atoms with Crippen molar-refractivity contribution in [2.75, 3.05) is 19.9 Å². The summed E-state index contributed by atoms with van der Waals surface area (Å²) in [6.45, 7) is 0.464. The maximum atomic E-state index is 12.1. The van der Waals surface area contributed by atoms with Crippen LogP contribution in [-0.2, 0) is 11.3 Å². The molecule has 5 nitrogen and oxygen atoms in total. The average molecular weight is 303 g/mol. The largest absolute Gasteiger partial charge is 0.497 e. The van der Waals surface area contributed by atoms with Gasteiger partial charge in [0.25, 0.3) is 0 Å². The van der Waals surface area contributed by atoms with E-state index in [-0.39, 0.29) is 5.91 Å². The Hall–Kier alpha value is -2.08. The van der Waals surface area contributed by atoms with E-state index in [1.54, 1.807) is 37.6 Å². The van der Waals surface area contributed by atoms with Crippen LogP contribution >= 0.6 is 11.8 Å². The number of thioether (sulfide) groups is 1. The van der Waals surface area contributed by atoms with Crippen molar-refractivity contribution in [1.29, 1.82) is 0 Å². The van der Waals surface area contributed by atoms with Crippen molar-refractivity contribution in [2.45, 2.75) is 11.4 Å². The Labute approximate surface area is 128 Å². The predicted molar refractivity (Wildman–Crippen MR) is 82.2 cm³/mol. The van der Waals surface area contributed by atoms with Gasteiger partial charge < -0.3 is 9.64 Å². The molecule has 0 bridgehead atoms. The molecule has 0 saturated heterocycles. The Kier molecular flexibility index (Phi) is 5.57. The van der Waals surface area contributed by atoms with Gasteiger partial charge in [0.2, 0.25) is 5.91 Å². The SMILES string of the molecule is COc1cccc(SCC(=O)N(C)Cc2cnccn2)c1. The van der Waals surface area contributed by atoms with E-state index in [1.807, 2.05) is 24.3 Å². The molecule has 2 aromatic rings. The number of aromatic nitrogens is 2. The summed E-state index contributed by atoms with van der Waals surface area (Å²) in [5, 5.41) is 0. The highest BCUT2D eigenvalue weighted by atomic mass is 32.2. The van der Waals surface area contributed by atoms with E-state index in [1.165, 1.54) is 11.8 Å². The Morgan fingerprint density at radius 3 is 2.95 bits per heavy atom. The van der Waals surface area contributed by atoms with E-state index in [0.717, 1.165) is 16.3 Å². The summed E-state index contributed by atoms with van der Waals surface area (Å²) in [7, 11) is 3.40. The zero-order valence-corrected chi connectivity index (χ0v) is 12.8. The Balaban J connectivity index is 1.86. The highest BCUT2D eigenvalue weighted by Gasteiger charge is 2.10. The number of carbonyl (C=O) groups excluding carboxylic acids is 1. The third kappa shape index (κ3) is 4.75. The molecule has 21 heavy (non-hydrogen) atoms. The molecule has 1 heterocycles. The molecule has 2 rings (SSSR count). The van der Waals surface area contributed by atoms with Gasteiger partial charge >= 0.3 is 0 Å². The molecule has 0 aliphatic heterocycles. The summed E-state index contributed by atoms with van der Waals surface area (Å²) < 4.78 is 5.16. The molecule has 0 unspecified atom stereocenters. The molecule has 1 aromatic heterocycles. The summed E-state index contributed by atoms with van der Waals surface area (Å²) >= 11 is 1.49. The first kappa shape index (κ1) is 15.3. The zero-order valence-electron chi connectivity index (χ0n) is 12.0. The summed E-state index contributed by atoms with van der Waals surface area (Å²) in [5.74, 6) is 1.22. The molecule has 0 aliphatic rings. The lowest BCUT2D eigenvalue weighted by atomic mass is 10.3. The minimum Gasteiger partial charge on any atom is -0.497 e. The third-order valence-corrected chi connectivity index (χ3v) is 3.82. The second kappa shape index (κ2) is 7.64. The molecule has 0 saturated carbocycles. The number of amides is 1. The number of ether oxygens (including phenoxy) is 1. The molecule has 1 amide bonds. The molecule has 0 spiro atoms. The molecule has 0 radical (unpaired) electrons. The summed E-state index contributed by atoms with van der Waals surface area (Å²) in [4.78, 5) is 22.9. The van der Waals surface area contributed by atoms with Crippen LogP contribution in [0.5, 0.6) is 5.75 Å². The van der Waals surface area contributed by atoms with Crippen LogP contribution in [-0.4, -0.2) is 40.7 Å². The van der Waals surface area contributed by atoms with Crippen molar-refractivity contribution in [3.63, 3.8) is 0 Å². The maximum absolute atomic E-state index is 12.1. The first-order valence-electron chi connectivity index (χ1n) is 6.45. The maximum Gasteiger partial charge on any atom is 0.233 e. The minimum atomic E-state index is 0.0495. The predicted octanol–water partition coefficient (Wildman–Crippen LogP) is 2.24. The topological polar surface area (TPSA) is 55.3 Å². The number of rotatable bonds is 6. The Morgan fingerprint density at radius 2 is 2.24 bits per heavy atom. The van der Waals surface area contributed by atoms with Crippen LogP contribution in [0.4, 0.5) is 0 Å². The van der Waals surface area contributed by atoms with Crippen molar-refractivity contribution in [3.05, 3.63) is 48.5 Å². The number of hydrogen-bond acceptors (Lipinski definition) is 5. The number of methoxy groups -OCH3 is 1. The third-order valence-electron chi connectivity index (χ3n) is 2.85. The Morgan fingerprint density at radius 1 is 1.38 bits per heavy atom. The van der Waals surface area contributed by atoms with E-state index in [4.69, 9.17) is 4.74 Å². The Bertz CT molecular complexity index is 592. The van der Waals surface area contributed by atoms with Crippen LogP contribution < -0.4 is 4.74 Å². The standard InChI is InChI=1S/C15H17N3O2S/c1-18(10-12-9-16-6-7-17-12)15(19)11-21-14-5-3-4-13(8-14)20-2/h3-9H,10-11H2,1-2H3. The van der Waals surface area contributed by atoms with Gasteiger partial charge in [-0.1, -0.05) is 6.07 Å². The van der Waals surface area contributed by atoms with Crippen molar-refractivity contribution in [1.82, 2.24) is 14.9 Å². The van der Waals surface area contributed by atoms with E-state index < -0.39 is 0 Å². The van der Waals surface area contributed by atoms with E-state index in [2.05, 4.69) is 9.97 Å². The van der Waals surface area contributed by atoms with Crippen molar-refractivity contribution < 1.29 is 9.53 Å². The van der Waals surface area contributed by atoms with Crippen molar-refractivity contribution in [2.24, 2.45) is 0 Å². The van der Waals surface area contributed by atoms with Crippen molar-refractivity contribution in [3.8, 4) is 5.75 Å². The highest BCUT2D eigenvalue weighted by Crippen LogP contribution is 2.23. The van der Waals surface area contributed by atoms with Crippen LogP contribution in [0.25, 0.3) is 0 Å². The molecule has 1 aromatic carbocycles. The van der Waals surface area contributed by atoms with Crippen LogP contribution in [0.15, 0.2) is 47.8 Å².